The molecule has 2 nitrogen and oxygen atoms in total. The zero-order valence-electron chi connectivity index (χ0n) is 8.73. The molecule has 0 saturated heterocycles. The van der Waals surface area contributed by atoms with Crippen molar-refractivity contribution in [2.45, 2.75) is 0 Å². The fraction of sp³-hybridized carbons (Fsp3) is 0.0714. The second-order valence-corrected chi connectivity index (χ2v) is 3.95. The molecule has 2 aromatic carbocycles. The zero-order chi connectivity index (χ0) is 11.1. The average Bonchev–Trinajstić information content (AvgIpc) is 2.33. The largest absolute Gasteiger partial charge is 0.326 e. The van der Waals surface area contributed by atoms with E-state index in [-0.39, 0.29) is 5.78 Å². The van der Waals surface area contributed by atoms with E-state index in [9.17, 15) is 4.79 Å². The second kappa shape index (κ2) is 3.29. The van der Waals surface area contributed by atoms with Gasteiger partial charge >= 0.3 is 0 Å². The topological polar surface area (TPSA) is 43.1 Å². The summed E-state index contributed by atoms with van der Waals surface area (Å²) in [6.07, 6.45) is 1.90. The van der Waals surface area contributed by atoms with Gasteiger partial charge in [0.15, 0.2) is 5.78 Å². The highest BCUT2D eigenvalue weighted by atomic mass is 16.1. The molecule has 0 heterocycles. The van der Waals surface area contributed by atoms with Crippen LogP contribution in [-0.2, 0) is 0 Å². The molecule has 0 aliphatic heterocycles. The highest BCUT2D eigenvalue weighted by Crippen LogP contribution is 2.30. The summed E-state index contributed by atoms with van der Waals surface area (Å²) in [5, 5.41) is 2.16. The average molecular weight is 209 g/mol. The van der Waals surface area contributed by atoms with Gasteiger partial charge in [0, 0.05) is 23.1 Å². The molecule has 1 aliphatic carbocycles. The van der Waals surface area contributed by atoms with Crippen LogP contribution in [0.15, 0.2) is 42.0 Å². The molecule has 2 heteroatoms. The normalized spacial score (nSPS) is 14.1. The third-order valence-electron chi connectivity index (χ3n) is 3.02. The van der Waals surface area contributed by atoms with Gasteiger partial charge in [-0.3, -0.25) is 4.79 Å². The van der Waals surface area contributed by atoms with E-state index >= 15 is 0 Å². The lowest BCUT2D eigenvalue weighted by Crippen LogP contribution is -2.16. The minimum absolute atomic E-state index is 0.0619. The van der Waals surface area contributed by atoms with E-state index < -0.39 is 0 Å². The highest BCUT2D eigenvalue weighted by Gasteiger charge is 2.19. The van der Waals surface area contributed by atoms with Crippen LogP contribution in [0.5, 0.6) is 0 Å². The third-order valence-corrected chi connectivity index (χ3v) is 3.02. The molecule has 2 N–H and O–H groups in total. The van der Waals surface area contributed by atoms with Crippen molar-refractivity contribution in [1.29, 1.82) is 0 Å². The van der Waals surface area contributed by atoms with Crippen LogP contribution in [-0.4, -0.2) is 12.3 Å². The molecule has 0 fully saturated rings. The van der Waals surface area contributed by atoms with E-state index in [0.29, 0.717) is 12.1 Å². The number of ketones is 1. The number of carbonyl (C=O) groups is 1. The lowest BCUT2D eigenvalue weighted by atomic mass is 9.88. The highest BCUT2D eigenvalue weighted by molar-refractivity contribution is 6.22. The van der Waals surface area contributed by atoms with Gasteiger partial charge in [-0.1, -0.05) is 36.4 Å². The minimum atomic E-state index is 0.0619. The van der Waals surface area contributed by atoms with E-state index in [0.717, 1.165) is 21.9 Å². The Hall–Kier alpha value is -1.93. The summed E-state index contributed by atoms with van der Waals surface area (Å²) < 4.78 is 0. The monoisotopic (exact) mass is 209 g/mol. The smallest absolute Gasteiger partial charge is 0.190 e. The van der Waals surface area contributed by atoms with Gasteiger partial charge in [0.1, 0.15) is 0 Å². The number of rotatable bonds is 1. The van der Waals surface area contributed by atoms with Crippen molar-refractivity contribution in [2.24, 2.45) is 5.73 Å². The van der Waals surface area contributed by atoms with Crippen molar-refractivity contribution in [3.63, 3.8) is 0 Å². The Bertz CT molecular complexity index is 620. The molecule has 0 amide bonds. The molecule has 0 aromatic heterocycles. The first-order valence-electron chi connectivity index (χ1n) is 5.28. The lowest BCUT2D eigenvalue weighted by Gasteiger charge is -2.15. The summed E-state index contributed by atoms with van der Waals surface area (Å²) in [5.41, 5.74) is 8.14. The molecule has 2 aromatic rings. The van der Waals surface area contributed by atoms with Crippen LogP contribution < -0.4 is 5.73 Å². The van der Waals surface area contributed by atoms with Crippen LogP contribution in [0.3, 0.4) is 0 Å². The Morgan fingerprint density at radius 3 is 2.56 bits per heavy atom. The van der Waals surface area contributed by atoms with Crippen LogP contribution in [0.2, 0.25) is 0 Å². The first-order valence-corrected chi connectivity index (χ1v) is 5.28. The van der Waals surface area contributed by atoms with Crippen molar-refractivity contribution in [1.82, 2.24) is 0 Å². The Morgan fingerprint density at radius 2 is 1.81 bits per heavy atom. The maximum Gasteiger partial charge on any atom is 0.190 e. The van der Waals surface area contributed by atoms with E-state index in [1.165, 1.54) is 0 Å². The molecule has 0 saturated carbocycles. The van der Waals surface area contributed by atoms with Gasteiger partial charge in [0.25, 0.3) is 0 Å². The first kappa shape index (κ1) is 9.31. The van der Waals surface area contributed by atoms with Crippen LogP contribution in [0.4, 0.5) is 0 Å². The summed E-state index contributed by atoms with van der Waals surface area (Å²) in [5.74, 6) is 0.0619. The zero-order valence-corrected chi connectivity index (χ0v) is 8.73. The predicted molar refractivity (Wildman–Crippen MR) is 65.3 cm³/mol. The molecular weight excluding hydrogens is 198 g/mol. The molecule has 0 unspecified atom stereocenters. The van der Waals surface area contributed by atoms with Crippen molar-refractivity contribution in [3.05, 3.63) is 53.1 Å². The van der Waals surface area contributed by atoms with Crippen molar-refractivity contribution in [2.75, 3.05) is 6.54 Å². The van der Waals surface area contributed by atoms with E-state index in [1.54, 1.807) is 0 Å². The number of Topliss-reactive ketones (excluding diaryl/α,β-unsaturated/α-hetero) is 1. The van der Waals surface area contributed by atoms with E-state index in [4.69, 9.17) is 5.73 Å². The third kappa shape index (κ3) is 1.14. The van der Waals surface area contributed by atoms with Crippen LogP contribution >= 0.6 is 0 Å². The SMILES string of the molecule is NCC1=Cc2cccc3cccc(c23)C1=O. The van der Waals surface area contributed by atoms with Gasteiger partial charge in [-0.2, -0.15) is 0 Å². The van der Waals surface area contributed by atoms with E-state index in [1.807, 2.05) is 42.5 Å². The van der Waals surface area contributed by atoms with E-state index in [2.05, 4.69) is 0 Å². The molecular formula is C14H11NO. The molecule has 16 heavy (non-hydrogen) atoms. The standard InChI is InChI=1S/C14H11NO/c15-8-11-7-10-5-1-3-9-4-2-6-12(13(9)10)14(11)16/h1-7H,8,15H2. The summed E-state index contributed by atoms with van der Waals surface area (Å²) in [4.78, 5) is 12.1. The van der Waals surface area contributed by atoms with Gasteiger partial charge in [0.05, 0.1) is 0 Å². The molecule has 0 bridgehead atoms. The number of hydrogen-bond donors (Lipinski definition) is 1. The second-order valence-electron chi connectivity index (χ2n) is 3.95. The maximum atomic E-state index is 12.1. The van der Waals surface area contributed by atoms with Gasteiger partial charge in [-0.05, 0) is 17.0 Å². The van der Waals surface area contributed by atoms with Gasteiger partial charge in [-0.25, -0.2) is 0 Å². The Balaban J connectivity index is 2.45. The summed E-state index contributed by atoms with van der Waals surface area (Å²) in [6, 6.07) is 11.9. The fourth-order valence-electron chi connectivity index (χ4n) is 2.26. The fourth-order valence-corrected chi connectivity index (χ4v) is 2.26. The lowest BCUT2D eigenvalue weighted by molar-refractivity contribution is 0.103. The Kier molecular flexibility index (Phi) is 1.91. The van der Waals surface area contributed by atoms with Crippen LogP contribution in [0, 0.1) is 0 Å². The van der Waals surface area contributed by atoms with Gasteiger partial charge in [-0.15, -0.1) is 0 Å². The predicted octanol–water partition coefficient (Wildman–Crippen LogP) is 2.38. The van der Waals surface area contributed by atoms with Crippen molar-refractivity contribution >= 4 is 22.6 Å². The molecule has 0 atom stereocenters. The quantitative estimate of drug-likeness (QED) is 0.783. The van der Waals surface area contributed by atoms with Gasteiger partial charge in [0.2, 0.25) is 0 Å². The number of carbonyl (C=O) groups excluding carboxylic acids is 1. The van der Waals surface area contributed by atoms with Gasteiger partial charge < -0.3 is 5.73 Å². The number of hydrogen-bond acceptors (Lipinski definition) is 2. The first-order chi connectivity index (χ1) is 7.81. The number of nitrogens with two attached hydrogens (primary N) is 1. The summed E-state index contributed by atoms with van der Waals surface area (Å²) in [7, 11) is 0. The number of benzene rings is 2. The Morgan fingerprint density at radius 1 is 1.06 bits per heavy atom. The summed E-state index contributed by atoms with van der Waals surface area (Å²) >= 11 is 0. The van der Waals surface area contributed by atoms with Crippen LogP contribution in [0.1, 0.15) is 15.9 Å². The van der Waals surface area contributed by atoms with Crippen molar-refractivity contribution < 1.29 is 4.79 Å². The molecule has 0 spiro atoms. The minimum Gasteiger partial charge on any atom is -0.326 e. The maximum absolute atomic E-state index is 12.1. The van der Waals surface area contributed by atoms with Crippen LogP contribution in [0.25, 0.3) is 16.8 Å². The Labute approximate surface area is 93.4 Å². The molecule has 3 rings (SSSR count). The summed E-state index contributed by atoms with van der Waals surface area (Å²) in [6.45, 7) is 0.295. The molecule has 0 radical (unpaired) electrons. The van der Waals surface area contributed by atoms with Crippen molar-refractivity contribution in [3.8, 4) is 0 Å². The molecule has 1 aliphatic rings. The molecule has 78 valence electrons.